The van der Waals surface area contributed by atoms with Crippen LogP contribution >= 0.6 is 11.3 Å². The van der Waals surface area contributed by atoms with Crippen LogP contribution in [0.3, 0.4) is 0 Å². The van der Waals surface area contributed by atoms with Gasteiger partial charge < -0.3 is 4.57 Å². The van der Waals surface area contributed by atoms with E-state index in [9.17, 15) is 0 Å². The first-order valence-corrected chi connectivity index (χ1v) is 6.32. The Labute approximate surface area is 103 Å². The van der Waals surface area contributed by atoms with Gasteiger partial charge in [0.15, 0.2) is 0 Å². The third-order valence-corrected chi connectivity index (χ3v) is 3.60. The van der Waals surface area contributed by atoms with E-state index < -0.39 is 0 Å². The second-order valence-corrected chi connectivity index (χ2v) is 4.71. The summed E-state index contributed by atoms with van der Waals surface area (Å²) in [5.41, 5.74) is 3.16. The molecule has 0 saturated heterocycles. The lowest BCUT2D eigenvalue weighted by molar-refractivity contribution is 0.840. The van der Waals surface area contributed by atoms with E-state index in [0.717, 1.165) is 23.0 Å². The summed E-state index contributed by atoms with van der Waals surface area (Å²) in [5, 5.41) is 14.3. The van der Waals surface area contributed by atoms with Crippen molar-refractivity contribution < 1.29 is 0 Å². The van der Waals surface area contributed by atoms with Crippen LogP contribution in [0, 0.1) is 11.3 Å². The minimum Gasteiger partial charge on any atom is -0.343 e. The minimum absolute atomic E-state index is 0.742. The maximum Gasteiger partial charge on any atom is 0.0998 e. The fourth-order valence-corrected chi connectivity index (χ4v) is 2.70. The summed E-state index contributed by atoms with van der Waals surface area (Å²) in [6.07, 6.45) is 2.04. The molecule has 1 aromatic carbocycles. The maximum atomic E-state index is 9.04. The van der Waals surface area contributed by atoms with Gasteiger partial charge in [0.05, 0.1) is 11.6 Å². The molecule has 0 aliphatic rings. The number of thiophene rings is 1. The zero-order valence-corrected chi connectivity index (χ0v) is 9.95. The van der Waals surface area contributed by atoms with Crippen LogP contribution in [0.5, 0.6) is 0 Å². The van der Waals surface area contributed by atoms with Gasteiger partial charge in [-0.1, -0.05) is 6.07 Å². The Morgan fingerprint density at radius 3 is 2.94 bits per heavy atom. The smallest absolute Gasteiger partial charge is 0.0998 e. The van der Waals surface area contributed by atoms with Crippen LogP contribution in [0.25, 0.3) is 10.9 Å². The molecule has 3 rings (SSSR count). The fraction of sp³-hybridized carbons (Fsp3) is 0.0714. The molecular weight excluding hydrogens is 228 g/mol. The fourth-order valence-electron chi connectivity index (χ4n) is 2.04. The predicted octanol–water partition coefficient (Wildman–Crippen LogP) is 3.62. The second kappa shape index (κ2) is 4.08. The molecule has 82 valence electrons. The Kier molecular flexibility index (Phi) is 2.43. The van der Waals surface area contributed by atoms with Crippen LogP contribution in [0.1, 0.15) is 11.1 Å². The highest BCUT2D eigenvalue weighted by atomic mass is 32.1. The lowest BCUT2D eigenvalue weighted by atomic mass is 10.1. The van der Waals surface area contributed by atoms with Gasteiger partial charge in [-0.2, -0.15) is 16.6 Å². The Balaban J connectivity index is 2.10. The van der Waals surface area contributed by atoms with E-state index >= 15 is 0 Å². The molecule has 3 aromatic rings. The highest BCUT2D eigenvalue weighted by Crippen LogP contribution is 2.21. The zero-order valence-electron chi connectivity index (χ0n) is 9.13. The van der Waals surface area contributed by atoms with Gasteiger partial charge >= 0.3 is 0 Å². The van der Waals surface area contributed by atoms with Crippen molar-refractivity contribution in [1.29, 1.82) is 5.26 Å². The van der Waals surface area contributed by atoms with Crippen molar-refractivity contribution in [3.05, 3.63) is 58.4 Å². The van der Waals surface area contributed by atoms with Crippen molar-refractivity contribution in [3.8, 4) is 6.07 Å². The summed E-state index contributed by atoms with van der Waals surface area (Å²) in [6.45, 7) is 0.863. The molecule has 2 nitrogen and oxygen atoms in total. The van der Waals surface area contributed by atoms with E-state index in [2.05, 4.69) is 33.5 Å². The first kappa shape index (κ1) is 10.1. The number of rotatable bonds is 2. The number of benzene rings is 1. The molecule has 0 aliphatic carbocycles. The van der Waals surface area contributed by atoms with E-state index in [1.807, 2.05) is 24.4 Å². The average Bonchev–Trinajstić information content (AvgIpc) is 2.99. The summed E-state index contributed by atoms with van der Waals surface area (Å²) in [5.74, 6) is 0. The van der Waals surface area contributed by atoms with Crippen LogP contribution in [0.15, 0.2) is 47.3 Å². The topological polar surface area (TPSA) is 28.7 Å². The molecule has 0 spiro atoms. The molecule has 17 heavy (non-hydrogen) atoms. The lowest BCUT2D eigenvalue weighted by Crippen LogP contribution is -1.96. The first-order valence-electron chi connectivity index (χ1n) is 5.37. The molecule has 0 aliphatic heterocycles. The lowest BCUT2D eigenvalue weighted by Gasteiger charge is -2.03. The zero-order chi connectivity index (χ0) is 11.7. The van der Waals surface area contributed by atoms with E-state index in [1.165, 1.54) is 5.56 Å². The van der Waals surface area contributed by atoms with Gasteiger partial charge in [-0.15, -0.1) is 0 Å². The second-order valence-electron chi connectivity index (χ2n) is 3.93. The van der Waals surface area contributed by atoms with Crippen LogP contribution in [-0.4, -0.2) is 4.57 Å². The summed E-state index contributed by atoms with van der Waals surface area (Å²) < 4.78 is 2.18. The molecule has 2 heterocycles. The molecule has 0 radical (unpaired) electrons. The predicted molar refractivity (Wildman–Crippen MR) is 70.1 cm³/mol. The summed E-state index contributed by atoms with van der Waals surface area (Å²) >= 11 is 1.71. The van der Waals surface area contributed by atoms with Gasteiger partial charge in [0.25, 0.3) is 0 Å². The standard InChI is InChI=1S/C14H10N2S/c15-8-12-2-1-3-14-13(12)4-6-16(14)9-11-5-7-17-10-11/h1-7,10H,9H2. The Bertz CT molecular complexity index is 687. The molecule has 0 N–H and O–H groups in total. The SMILES string of the molecule is N#Cc1cccc2c1ccn2Cc1ccsc1. The normalized spacial score (nSPS) is 10.5. The number of aromatic nitrogens is 1. The number of fused-ring (bicyclic) bond motifs is 1. The number of nitriles is 1. The molecule has 0 saturated carbocycles. The monoisotopic (exact) mass is 238 g/mol. The summed E-state index contributed by atoms with van der Waals surface area (Å²) in [4.78, 5) is 0. The maximum absolute atomic E-state index is 9.04. The van der Waals surface area contributed by atoms with Crippen LogP contribution in [0.2, 0.25) is 0 Å². The van der Waals surface area contributed by atoms with Gasteiger partial charge in [0, 0.05) is 23.6 Å². The number of hydrogen-bond acceptors (Lipinski definition) is 2. The Morgan fingerprint density at radius 2 is 2.18 bits per heavy atom. The highest BCUT2D eigenvalue weighted by Gasteiger charge is 2.05. The van der Waals surface area contributed by atoms with E-state index in [0.29, 0.717) is 0 Å². The molecule has 0 bridgehead atoms. The van der Waals surface area contributed by atoms with Crippen molar-refractivity contribution >= 4 is 22.2 Å². The molecule has 0 amide bonds. The van der Waals surface area contributed by atoms with Gasteiger partial charge in [-0.05, 0) is 40.6 Å². The Morgan fingerprint density at radius 1 is 1.24 bits per heavy atom. The number of hydrogen-bond donors (Lipinski definition) is 0. The van der Waals surface area contributed by atoms with Gasteiger partial charge in [-0.3, -0.25) is 0 Å². The third-order valence-electron chi connectivity index (χ3n) is 2.87. The molecule has 0 atom stereocenters. The minimum atomic E-state index is 0.742. The van der Waals surface area contributed by atoms with Crippen molar-refractivity contribution in [2.75, 3.05) is 0 Å². The van der Waals surface area contributed by atoms with E-state index in [-0.39, 0.29) is 0 Å². The molecular formula is C14H10N2S. The van der Waals surface area contributed by atoms with Gasteiger partial charge in [-0.25, -0.2) is 0 Å². The van der Waals surface area contributed by atoms with E-state index in [1.54, 1.807) is 11.3 Å². The molecule has 0 fully saturated rings. The van der Waals surface area contributed by atoms with Gasteiger partial charge in [0.1, 0.15) is 0 Å². The molecule has 3 heteroatoms. The van der Waals surface area contributed by atoms with Crippen LogP contribution < -0.4 is 0 Å². The van der Waals surface area contributed by atoms with Crippen LogP contribution in [-0.2, 0) is 6.54 Å². The molecule has 0 unspecified atom stereocenters. The summed E-state index contributed by atoms with van der Waals surface area (Å²) in [6, 6.07) is 12.2. The summed E-state index contributed by atoms with van der Waals surface area (Å²) in [7, 11) is 0. The van der Waals surface area contributed by atoms with Crippen molar-refractivity contribution in [2.45, 2.75) is 6.54 Å². The van der Waals surface area contributed by atoms with Crippen molar-refractivity contribution in [2.24, 2.45) is 0 Å². The largest absolute Gasteiger partial charge is 0.343 e. The van der Waals surface area contributed by atoms with Gasteiger partial charge in [0.2, 0.25) is 0 Å². The van der Waals surface area contributed by atoms with Crippen molar-refractivity contribution in [3.63, 3.8) is 0 Å². The van der Waals surface area contributed by atoms with E-state index in [4.69, 9.17) is 5.26 Å². The average molecular weight is 238 g/mol. The molecule has 2 aromatic heterocycles. The third kappa shape index (κ3) is 1.73. The quantitative estimate of drug-likeness (QED) is 0.670. The number of nitrogens with zero attached hydrogens (tertiary/aromatic N) is 2. The Hall–Kier alpha value is -2.05. The highest BCUT2D eigenvalue weighted by molar-refractivity contribution is 7.07. The van der Waals surface area contributed by atoms with Crippen molar-refractivity contribution in [1.82, 2.24) is 4.57 Å². The van der Waals surface area contributed by atoms with Crippen LogP contribution in [0.4, 0.5) is 0 Å². The first-order chi connectivity index (χ1) is 8.38.